The van der Waals surface area contributed by atoms with Crippen LogP contribution in [-0.2, 0) is 9.59 Å². The second-order valence-electron chi connectivity index (χ2n) is 6.97. The number of hydrogen-bond acceptors (Lipinski definition) is 10. The Morgan fingerprint density at radius 2 is 1.91 bits per heavy atom. The summed E-state index contributed by atoms with van der Waals surface area (Å²) < 4.78 is 1.37. The molecule has 0 bridgehead atoms. The quantitative estimate of drug-likeness (QED) is 0.270. The zero-order valence-corrected chi connectivity index (χ0v) is 22.1. The maximum Gasteiger partial charge on any atom is 0.279 e. The van der Waals surface area contributed by atoms with Crippen LogP contribution >= 0.6 is 62.0 Å². The molecular formula is C21H12BrClN6O3S3. The molecule has 176 valence electrons. The molecule has 3 heterocycles. The van der Waals surface area contributed by atoms with Gasteiger partial charge in [-0.1, -0.05) is 62.0 Å². The summed E-state index contributed by atoms with van der Waals surface area (Å²) >= 11 is 12.8. The van der Waals surface area contributed by atoms with Crippen molar-refractivity contribution in [2.24, 2.45) is 4.99 Å². The number of nitrogens with zero attached hydrogens (tertiary/aromatic N) is 4. The highest BCUT2D eigenvalue weighted by Crippen LogP contribution is 2.36. The van der Waals surface area contributed by atoms with Gasteiger partial charge in [0.25, 0.3) is 5.91 Å². The monoisotopic (exact) mass is 606 g/mol. The van der Waals surface area contributed by atoms with E-state index in [9.17, 15) is 14.7 Å². The van der Waals surface area contributed by atoms with Crippen LogP contribution in [0, 0.1) is 0 Å². The first-order valence-corrected chi connectivity index (χ1v) is 13.6. The van der Waals surface area contributed by atoms with Gasteiger partial charge in [-0.25, -0.2) is 4.99 Å². The van der Waals surface area contributed by atoms with Crippen molar-refractivity contribution >= 4 is 95.3 Å². The zero-order valence-electron chi connectivity index (χ0n) is 17.3. The average molecular weight is 608 g/mol. The van der Waals surface area contributed by atoms with Crippen LogP contribution in [0.5, 0.6) is 5.88 Å². The lowest BCUT2D eigenvalue weighted by molar-refractivity contribution is -0.114. The number of rotatable bonds is 7. The van der Waals surface area contributed by atoms with Gasteiger partial charge in [0.2, 0.25) is 16.9 Å². The molecule has 9 nitrogen and oxygen atoms in total. The molecule has 0 saturated heterocycles. The summed E-state index contributed by atoms with van der Waals surface area (Å²) in [6.07, 6.45) is 0. The number of nitrogens with one attached hydrogen (secondary N) is 2. The van der Waals surface area contributed by atoms with E-state index in [0.717, 1.165) is 15.8 Å². The van der Waals surface area contributed by atoms with E-state index in [2.05, 4.69) is 46.7 Å². The van der Waals surface area contributed by atoms with Crippen molar-refractivity contribution in [2.75, 3.05) is 16.4 Å². The molecule has 1 aliphatic rings. The van der Waals surface area contributed by atoms with Crippen LogP contribution in [-0.4, -0.2) is 37.9 Å². The Bertz CT molecular complexity index is 1590. The number of benzene rings is 2. The standard InChI is InChI=1S/C21H12BrClN6O3S3/c22-9-1-6-13-12(7-9)15(17(31)25-13)16-18(32)26-19(34-16)27-20-28-29-21(35-20)33-8-14(30)24-11-4-2-10(23)3-5-11/h1-7,32H,8H2,(H,24,30)(H,26,27,28). The minimum atomic E-state index is -0.435. The molecule has 14 heteroatoms. The molecule has 3 N–H and O–H groups in total. The molecule has 0 atom stereocenters. The van der Waals surface area contributed by atoms with Gasteiger partial charge in [-0.05, 0) is 42.5 Å². The second-order valence-corrected chi connectivity index (χ2v) is 11.5. The van der Waals surface area contributed by atoms with Crippen LogP contribution in [0.1, 0.15) is 4.88 Å². The molecule has 0 radical (unpaired) electrons. The van der Waals surface area contributed by atoms with Gasteiger partial charge in [0, 0.05) is 20.4 Å². The van der Waals surface area contributed by atoms with Crippen LogP contribution in [0.25, 0.3) is 5.57 Å². The highest BCUT2D eigenvalue weighted by atomic mass is 79.9. The number of thiazole rings is 1. The van der Waals surface area contributed by atoms with E-state index in [1.165, 1.54) is 23.1 Å². The molecule has 2 aromatic carbocycles. The predicted octanol–water partition coefficient (Wildman–Crippen LogP) is 3.95. The van der Waals surface area contributed by atoms with Crippen LogP contribution in [0.2, 0.25) is 5.02 Å². The van der Waals surface area contributed by atoms with Crippen LogP contribution in [0.15, 0.2) is 56.3 Å². The molecule has 2 amide bonds. The van der Waals surface area contributed by atoms with Crippen molar-refractivity contribution in [2.45, 2.75) is 4.34 Å². The number of fused-ring (bicyclic) bond motifs is 1. The summed E-state index contributed by atoms with van der Waals surface area (Å²) in [5.74, 6) is -0.748. The lowest BCUT2D eigenvalue weighted by Crippen LogP contribution is -2.22. The third-order valence-electron chi connectivity index (χ3n) is 4.58. The Balaban J connectivity index is 1.26. The van der Waals surface area contributed by atoms with Gasteiger partial charge in [-0.15, -0.1) is 10.2 Å². The first kappa shape index (κ1) is 23.9. The van der Waals surface area contributed by atoms with Gasteiger partial charge in [0.05, 0.1) is 16.7 Å². The predicted molar refractivity (Wildman–Crippen MR) is 140 cm³/mol. The third kappa shape index (κ3) is 5.38. The highest BCUT2D eigenvalue weighted by molar-refractivity contribution is 9.10. The second kappa shape index (κ2) is 10.0. The molecule has 0 aliphatic carbocycles. The van der Waals surface area contributed by atoms with Crippen molar-refractivity contribution in [3.8, 4) is 5.88 Å². The molecule has 5 rings (SSSR count). The van der Waals surface area contributed by atoms with Crippen molar-refractivity contribution in [3.63, 3.8) is 0 Å². The number of carbonyl (C=O) groups is 2. The van der Waals surface area contributed by atoms with Gasteiger partial charge in [0.1, 0.15) is 4.88 Å². The summed E-state index contributed by atoms with van der Waals surface area (Å²) in [7, 11) is 0. The summed E-state index contributed by atoms with van der Waals surface area (Å²) in [5, 5.41) is 26.8. The first-order valence-electron chi connectivity index (χ1n) is 9.77. The van der Waals surface area contributed by atoms with Gasteiger partial charge in [0.15, 0.2) is 9.47 Å². The Morgan fingerprint density at radius 1 is 1.11 bits per heavy atom. The molecule has 0 saturated carbocycles. The average Bonchev–Trinajstić information content (AvgIpc) is 3.50. The lowest BCUT2D eigenvalue weighted by atomic mass is 10.1. The Kier molecular flexibility index (Phi) is 6.84. The van der Waals surface area contributed by atoms with E-state index in [-0.39, 0.29) is 17.5 Å². The van der Waals surface area contributed by atoms with E-state index < -0.39 is 5.91 Å². The van der Waals surface area contributed by atoms with Gasteiger partial charge >= 0.3 is 0 Å². The van der Waals surface area contributed by atoms with Crippen molar-refractivity contribution in [1.82, 2.24) is 15.2 Å². The smallest absolute Gasteiger partial charge is 0.279 e. The number of thioether (sulfide) groups is 1. The molecule has 0 fully saturated rings. The summed E-state index contributed by atoms with van der Waals surface area (Å²) in [5.41, 5.74) is 0.949. The Labute approximate surface area is 223 Å². The summed E-state index contributed by atoms with van der Waals surface area (Å²) in [4.78, 5) is 33.1. The fourth-order valence-electron chi connectivity index (χ4n) is 3.10. The van der Waals surface area contributed by atoms with Crippen molar-refractivity contribution in [1.29, 1.82) is 0 Å². The SMILES string of the molecule is O=C(CSc1nnc(Nc2nc(O)c(C3=c4cc(Br)ccc4=NC3=O)s2)s1)Nc1ccc(Cl)cc1. The van der Waals surface area contributed by atoms with E-state index in [1.54, 1.807) is 42.5 Å². The number of aromatic nitrogens is 3. The van der Waals surface area contributed by atoms with E-state index >= 15 is 0 Å². The van der Waals surface area contributed by atoms with Gasteiger partial charge in [-0.3, -0.25) is 9.59 Å². The number of carbonyl (C=O) groups excluding carboxylic acids is 2. The maximum absolute atomic E-state index is 12.5. The normalized spacial score (nSPS) is 12.4. The lowest BCUT2D eigenvalue weighted by Gasteiger charge is -2.03. The van der Waals surface area contributed by atoms with Crippen LogP contribution in [0.4, 0.5) is 16.0 Å². The fourth-order valence-corrected chi connectivity index (χ4v) is 6.11. The molecule has 35 heavy (non-hydrogen) atoms. The molecule has 4 aromatic rings. The number of amides is 2. The van der Waals surface area contributed by atoms with Gasteiger partial charge in [-0.2, -0.15) is 4.98 Å². The molecular weight excluding hydrogens is 596 g/mol. The number of aromatic hydroxyl groups is 1. The van der Waals surface area contributed by atoms with Crippen LogP contribution in [0.3, 0.4) is 0 Å². The van der Waals surface area contributed by atoms with Gasteiger partial charge < -0.3 is 15.7 Å². The molecule has 2 aromatic heterocycles. The van der Waals surface area contributed by atoms with E-state index in [1.807, 2.05) is 0 Å². The summed E-state index contributed by atoms with van der Waals surface area (Å²) in [6, 6.07) is 12.1. The molecule has 1 aliphatic heterocycles. The van der Waals surface area contributed by atoms with E-state index in [0.29, 0.717) is 46.3 Å². The molecule has 0 spiro atoms. The van der Waals surface area contributed by atoms with E-state index in [4.69, 9.17) is 11.6 Å². The minimum absolute atomic E-state index is 0.151. The van der Waals surface area contributed by atoms with Crippen LogP contribution < -0.4 is 21.2 Å². The fraction of sp³-hybridized carbons (Fsp3) is 0.0476. The van der Waals surface area contributed by atoms with Crippen molar-refractivity contribution in [3.05, 3.63) is 67.4 Å². The maximum atomic E-state index is 12.5. The topological polar surface area (TPSA) is 129 Å². The number of halogens is 2. The number of hydrogen-bond donors (Lipinski definition) is 3. The third-order valence-corrected chi connectivity index (χ3v) is 8.27. The Morgan fingerprint density at radius 3 is 2.71 bits per heavy atom. The highest BCUT2D eigenvalue weighted by Gasteiger charge is 2.25. The minimum Gasteiger partial charge on any atom is -0.492 e. The molecule has 0 unspecified atom stereocenters. The number of anilines is 3. The Hall–Kier alpha value is -2.84. The zero-order chi connectivity index (χ0) is 24.5. The van der Waals surface area contributed by atoms with Crippen molar-refractivity contribution < 1.29 is 14.7 Å². The summed E-state index contributed by atoms with van der Waals surface area (Å²) in [6.45, 7) is 0. The first-order chi connectivity index (χ1) is 16.9. The largest absolute Gasteiger partial charge is 0.492 e.